The zero-order valence-electron chi connectivity index (χ0n) is 12.1. The number of hydrogen-bond donors (Lipinski definition) is 1. The lowest BCUT2D eigenvalue weighted by atomic mass is 10.0. The number of carboxylic acid groups (broad SMARTS) is 1. The molecule has 0 atom stereocenters. The van der Waals surface area contributed by atoms with E-state index in [1.807, 2.05) is 37.4 Å². The third-order valence-electron chi connectivity index (χ3n) is 3.70. The minimum absolute atomic E-state index is 0.612. The third-order valence-corrected chi connectivity index (χ3v) is 3.70. The second-order valence-corrected chi connectivity index (χ2v) is 5.15. The van der Waals surface area contributed by atoms with Crippen molar-refractivity contribution in [2.45, 2.75) is 46.7 Å². The molecular weight excluding hydrogens is 230 g/mol. The summed E-state index contributed by atoms with van der Waals surface area (Å²) < 4.78 is 1.84. The number of aryl methyl sites for hydroxylation is 2. The normalized spacial score (nSPS) is 12.2. The summed E-state index contributed by atoms with van der Waals surface area (Å²) in [5.41, 5.74) is 2.30. The third kappa shape index (κ3) is 2.56. The van der Waals surface area contributed by atoms with Crippen molar-refractivity contribution in [3.05, 3.63) is 17.0 Å². The highest BCUT2D eigenvalue weighted by Gasteiger charge is 2.34. The van der Waals surface area contributed by atoms with Crippen molar-refractivity contribution in [3.8, 4) is 0 Å². The van der Waals surface area contributed by atoms with Gasteiger partial charge in [-0.25, -0.2) is 0 Å². The summed E-state index contributed by atoms with van der Waals surface area (Å²) in [4.78, 5) is 13.3. The van der Waals surface area contributed by atoms with Gasteiger partial charge in [0.2, 0.25) is 0 Å². The molecule has 5 nitrogen and oxygen atoms in total. The second kappa shape index (κ2) is 5.10. The molecule has 0 amide bonds. The molecule has 0 aliphatic heterocycles. The number of likely N-dealkylation sites (N-methyl/N-ethyl adjacent to an activating group) is 1. The van der Waals surface area contributed by atoms with Gasteiger partial charge in [-0.3, -0.25) is 14.4 Å². The Kier molecular flexibility index (Phi) is 4.16. The SMILES string of the molecule is CCN(Cc1c(C)nn(C)c1C)C(C)(C)C(=O)O. The minimum atomic E-state index is -0.872. The van der Waals surface area contributed by atoms with E-state index in [0.717, 1.165) is 17.0 Å². The Labute approximate surface area is 108 Å². The molecule has 1 aromatic rings. The molecule has 0 radical (unpaired) electrons. The van der Waals surface area contributed by atoms with Crippen LogP contribution in [0.2, 0.25) is 0 Å². The fraction of sp³-hybridized carbons (Fsp3) is 0.692. The van der Waals surface area contributed by atoms with Crippen LogP contribution in [-0.2, 0) is 18.4 Å². The first kappa shape index (κ1) is 14.7. The molecule has 102 valence electrons. The summed E-state index contributed by atoms with van der Waals surface area (Å²) in [6.07, 6.45) is 0. The number of aliphatic carboxylic acids is 1. The quantitative estimate of drug-likeness (QED) is 0.868. The van der Waals surface area contributed by atoms with Gasteiger partial charge < -0.3 is 5.11 Å². The van der Waals surface area contributed by atoms with Gasteiger partial charge in [-0.05, 0) is 34.2 Å². The average molecular weight is 253 g/mol. The lowest BCUT2D eigenvalue weighted by Crippen LogP contribution is -2.49. The fourth-order valence-electron chi connectivity index (χ4n) is 2.08. The largest absolute Gasteiger partial charge is 0.480 e. The summed E-state index contributed by atoms with van der Waals surface area (Å²) in [5.74, 6) is -0.802. The van der Waals surface area contributed by atoms with E-state index in [9.17, 15) is 9.90 Å². The van der Waals surface area contributed by atoms with Crippen molar-refractivity contribution >= 4 is 5.97 Å². The number of carbonyl (C=O) groups is 1. The van der Waals surface area contributed by atoms with Gasteiger partial charge >= 0.3 is 5.97 Å². The van der Waals surface area contributed by atoms with Crippen LogP contribution in [0.25, 0.3) is 0 Å². The Morgan fingerprint density at radius 3 is 2.33 bits per heavy atom. The van der Waals surface area contributed by atoms with E-state index in [4.69, 9.17) is 0 Å². The molecule has 1 rings (SSSR count). The number of aromatic nitrogens is 2. The highest BCUT2D eigenvalue weighted by molar-refractivity contribution is 5.77. The molecule has 0 saturated carbocycles. The molecule has 18 heavy (non-hydrogen) atoms. The van der Waals surface area contributed by atoms with E-state index in [0.29, 0.717) is 13.1 Å². The van der Waals surface area contributed by atoms with Gasteiger partial charge in [-0.2, -0.15) is 5.10 Å². The van der Waals surface area contributed by atoms with Gasteiger partial charge in [0, 0.05) is 24.8 Å². The smallest absolute Gasteiger partial charge is 0.323 e. The molecule has 0 fully saturated rings. The fourth-order valence-corrected chi connectivity index (χ4v) is 2.08. The number of carboxylic acids is 1. The molecule has 1 N–H and O–H groups in total. The average Bonchev–Trinajstić information content (AvgIpc) is 2.50. The zero-order valence-corrected chi connectivity index (χ0v) is 12.1. The maximum atomic E-state index is 11.3. The minimum Gasteiger partial charge on any atom is -0.480 e. The summed E-state index contributed by atoms with van der Waals surface area (Å²) in [7, 11) is 1.91. The van der Waals surface area contributed by atoms with Crippen LogP contribution in [0.3, 0.4) is 0 Å². The molecule has 0 unspecified atom stereocenters. The van der Waals surface area contributed by atoms with Crippen LogP contribution in [0.15, 0.2) is 0 Å². The van der Waals surface area contributed by atoms with E-state index in [1.54, 1.807) is 13.8 Å². The molecule has 1 aromatic heterocycles. The number of rotatable bonds is 5. The molecule has 5 heteroatoms. The van der Waals surface area contributed by atoms with Crippen LogP contribution in [0.5, 0.6) is 0 Å². The first-order valence-electron chi connectivity index (χ1n) is 6.19. The molecule has 0 aromatic carbocycles. The van der Waals surface area contributed by atoms with Crippen molar-refractivity contribution < 1.29 is 9.90 Å². The van der Waals surface area contributed by atoms with Crippen molar-refractivity contribution in [2.24, 2.45) is 7.05 Å². The Bertz CT molecular complexity index is 449. The molecule has 0 bridgehead atoms. The van der Waals surface area contributed by atoms with Crippen molar-refractivity contribution in [2.75, 3.05) is 6.54 Å². The van der Waals surface area contributed by atoms with Gasteiger partial charge in [-0.1, -0.05) is 6.92 Å². The molecule has 0 spiro atoms. The van der Waals surface area contributed by atoms with Crippen LogP contribution in [-0.4, -0.2) is 37.8 Å². The van der Waals surface area contributed by atoms with Crippen molar-refractivity contribution in [3.63, 3.8) is 0 Å². The van der Waals surface area contributed by atoms with E-state index in [1.165, 1.54) is 0 Å². The predicted molar refractivity (Wildman–Crippen MR) is 70.5 cm³/mol. The summed E-state index contributed by atoms with van der Waals surface area (Å²) >= 11 is 0. The maximum Gasteiger partial charge on any atom is 0.323 e. The lowest BCUT2D eigenvalue weighted by Gasteiger charge is -2.34. The van der Waals surface area contributed by atoms with E-state index in [2.05, 4.69) is 5.10 Å². The van der Waals surface area contributed by atoms with E-state index >= 15 is 0 Å². The van der Waals surface area contributed by atoms with Crippen LogP contribution in [0.1, 0.15) is 37.7 Å². The van der Waals surface area contributed by atoms with Crippen LogP contribution in [0.4, 0.5) is 0 Å². The van der Waals surface area contributed by atoms with Gasteiger partial charge in [0.15, 0.2) is 0 Å². The Balaban J connectivity index is 3.04. The second-order valence-electron chi connectivity index (χ2n) is 5.15. The topological polar surface area (TPSA) is 58.4 Å². The zero-order chi connectivity index (χ0) is 14.1. The number of hydrogen-bond acceptors (Lipinski definition) is 3. The maximum absolute atomic E-state index is 11.3. The Morgan fingerprint density at radius 1 is 1.44 bits per heavy atom. The molecule has 1 heterocycles. The Morgan fingerprint density at radius 2 is 2.00 bits per heavy atom. The van der Waals surface area contributed by atoms with Crippen LogP contribution >= 0.6 is 0 Å². The van der Waals surface area contributed by atoms with Crippen molar-refractivity contribution in [1.29, 1.82) is 0 Å². The van der Waals surface area contributed by atoms with Gasteiger partial charge in [0.25, 0.3) is 0 Å². The van der Waals surface area contributed by atoms with Gasteiger partial charge in [0.1, 0.15) is 5.54 Å². The Hall–Kier alpha value is -1.36. The highest BCUT2D eigenvalue weighted by Crippen LogP contribution is 2.21. The summed E-state index contributed by atoms with van der Waals surface area (Å²) in [5, 5.41) is 13.7. The first-order valence-corrected chi connectivity index (χ1v) is 6.19. The molecule has 0 saturated heterocycles. The first-order chi connectivity index (χ1) is 8.21. The van der Waals surface area contributed by atoms with Gasteiger partial charge in [-0.15, -0.1) is 0 Å². The van der Waals surface area contributed by atoms with Crippen LogP contribution < -0.4 is 0 Å². The standard InChI is InChI=1S/C13H23N3O2/c1-7-16(13(4,5)12(17)18)8-11-9(2)14-15(6)10(11)3/h7-8H2,1-6H3,(H,17,18). The van der Waals surface area contributed by atoms with Crippen molar-refractivity contribution in [1.82, 2.24) is 14.7 Å². The van der Waals surface area contributed by atoms with E-state index < -0.39 is 11.5 Å². The molecule has 0 aliphatic rings. The monoisotopic (exact) mass is 253 g/mol. The van der Waals surface area contributed by atoms with Crippen LogP contribution in [0, 0.1) is 13.8 Å². The lowest BCUT2D eigenvalue weighted by molar-refractivity contribution is -0.149. The van der Waals surface area contributed by atoms with E-state index in [-0.39, 0.29) is 0 Å². The molecular formula is C13H23N3O2. The predicted octanol–water partition coefficient (Wildman–Crippen LogP) is 1.72. The summed E-state index contributed by atoms with van der Waals surface area (Å²) in [6, 6.07) is 0. The highest BCUT2D eigenvalue weighted by atomic mass is 16.4. The van der Waals surface area contributed by atoms with Gasteiger partial charge in [0.05, 0.1) is 5.69 Å². The number of nitrogens with zero attached hydrogens (tertiary/aromatic N) is 3. The molecule has 0 aliphatic carbocycles. The summed E-state index contributed by atoms with van der Waals surface area (Å²) in [6.45, 7) is 10.7.